The molecule has 0 aliphatic heterocycles. The Kier molecular flexibility index (Phi) is 14.6. The molecule has 0 heterocycles. The second-order valence-corrected chi connectivity index (χ2v) is 17.9. The first-order valence-corrected chi connectivity index (χ1v) is 21.2. The Balaban J connectivity index is 2.14. The van der Waals surface area contributed by atoms with Gasteiger partial charge in [-0.2, -0.15) is 21.0 Å². The predicted molar refractivity (Wildman–Crippen MR) is 236 cm³/mol. The summed E-state index contributed by atoms with van der Waals surface area (Å²) in [5.74, 6) is 1.90. The van der Waals surface area contributed by atoms with Gasteiger partial charge in [-0.25, -0.2) is 0 Å². The Morgan fingerprint density at radius 3 is 0.667 bits per heavy atom. The van der Waals surface area contributed by atoms with Crippen LogP contribution in [0.1, 0.15) is 172 Å². The van der Waals surface area contributed by atoms with Crippen LogP contribution >= 0.6 is 0 Å². The summed E-state index contributed by atoms with van der Waals surface area (Å²) in [5.41, 5.74) is 8.81. The highest BCUT2D eigenvalue weighted by Gasteiger charge is 2.34. The van der Waals surface area contributed by atoms with E-state index in [2.05, 4.69) is 104 Å². The van der Waals surface area contributed by atoms with Gasteiger partial charge in [-0.15, -0.1) is 0 Å². The van der Waals surface area contributed by atoms with Crippen molar-refractivity contribution in [2.45, 2.75) is 105 Å². The number of ether oxygens (including phenoxy) is 4. The number of rotatable bonds is 12. The molecule has 8 heteroatoms. The quantitative estimate of drug-likeness (QED) is 0.138. The van der Waals surface area contributed by atoms with Crippen molar-refractivity contribution in [3.8, 4) is 47.3 Å². The molecule has 0 amide bonds. The third-order valence-electron chi connectivity index (χ3n) is 11.9. The molecule has 1 aliphatic carbocycles. The number of fused-ring (bicyclic) bond motifs is 8. The normalized spacial score (nSPS) is 17.1. The van der Waals surface area contributed by atoms with E-state index in [9.17, 15) is 21.0 Å². The van der Waals surface area contributed by atoms with Gasteiger partial charge in [0.05, 0.1) is 75.0 Å². The van der Waals surface area contributed by atoms with Crippen molar-refractivity contribution >= 4 is 0 Å². The lowest BCUT2D eigenvalue weighted by Crippen LogP contribution is -2.17. The van der Waals surface area contributed by atoms with E-state index in [-0.39, 0.29) is 47.3 Å². The van der Waals surface area contributed by atoms with Crippen LogP contribution in [0.5, 0.6) is 23.0 Å². The lowest BCUT2D eigenvalue weighted by Gasteiger charge is -2.32. The van der Waals surface area contributed by atoms with E-state index in [1.165, 1.54) is 0 Å². The van der Waals surface area contributed by atoms with Gasteiger partial charge in [0.15, 0.2) is 0 Å². The minimum Gasteiger partial charge on any atom is -0.496 e. The molecule has 0 N–H and O–H groups in total. The van der Waals surface area contributed by atoms with Gasteiger partial charge in [0.1, 0.15) is 23.0 Å². The molecule has 0 radical (unpaired) electrons. The molecule has 0 spiro atoms. The van der Waals surface area contributed by atoms with Gasteiger partial charge in [-0.05, 0) is 120 Å². The third kappa shape index (κ3) is 9.10. The lowest BCUT2D eigenvalue weighted by atomic mass is 9.73. The first kappa shape index (κ1) is 45.1. The summed E-state index contributed by atoms with van der Waals surface area (Å²) < 4.78 is 24.6. The standard InChI is InChI=1S/C52H60N4O4/c1-29(2)13-41-37-21-46(50(58-10)17-33(37)25-53)43(15-31(5)6)39-23-48(52(60-12)19-35(39)27-55)44(16-32(7)8)40-24-47(51(59-11)20-36(40)28-56)42(14-30(3)4)38-22-45(41)49(57-9)18-34(38)26-54/h17-24,29-32,41-44H,13-16H2,1-12H3. The molecule has 8 bridgehead atoms. The summed E-state index contributed by atoms with van der Waals surface area (Å²) in [5, 5.41) is 43.5. The molecule has 4 aromatic carbocycles. The summed E-state index contributed by atoms with van der Waals surface area (Å²) in [4.78, 5) is 0. The van der Waals surface area contributed by atoms with Crippen LogP contribution in [-0.4, -0.2) is 28.4 Å². The Bertz CT molecular complexity index is 2050. The molecule has 312 valence electrons. The fourth-order valence-corrected chi connectivity index (χ4v) is 9.37. The molecule has 5 rings (SSSR count). The zero-order valence-electron chi connectivity index (χ0n) is 37.5. The van der Waals surface area contributed by atoms with E-state index in [1.807, 2.05) is 24.3 Å². The van der Waals surface area contributed by atoms with Crippen molar-refractivity contribution in [3.05, 3.63) is 115 Å². The topological polar surface area (TPSA) is 132 Å². The molecular formula is C52H60N4O4. The van der Waals surface area contributed by atoms with Gasteiger partial charge < -0.3 is 18.9 Å². The van der Waals surface area contributed by atoms with Gasteiger partial charge in [0.2, 0.25) is 0 Å². The van der Waals surface area contributed by atoms with E-state index in [0.717, 1.165) is 44.5 Å². The molecular weight excluding hydrogens is 745 g/mol. The van der Waals surface area contributed by atoms with E-state index in [4.69, 9.17) is 18.9 Å². The largest absolute Gasteiger partial charge is 0.496 e. The summed E-state index contributed by atoms with van der Waals surface area (Å²) >= 11 is 0. The number of hydrogen-bond acceptors (Lipinski definition) is 8. The first-order chi connectivity index (χ1) is 28.7. The highest BCUT2D eigenvalue weighted by molar-refractivity contribution is 5.64. The maximum absolute atomic E-state index is 10.9. The molecule has 4 atom stereocenters. The lowest BCUT2D eigenvalue weighted by molar-refractivity contribution is 0.397. The summed E-state index contributed by atoms with van der Waals surface area (Å²) in [7, 11) is 6.51. The van der Waals surface area contributed by atoms with E-state index in [0.29, 0.717) is 70.9 Å². The van der Waals surface area contributed by atoms with E-state index in [1.54, 1.807) is 28.4 Å². The van der Waals surface area contributed by atoms with Gasteiger partial charge in [0, 0.05) is 45.9 Å². The monoisotopic (exact) mass is 804 g/mol. The molecule has 0 fully saturated rings. The Labute approximate surface area is 358 Å². The van der Waals surface area contributed by atoms with Crippen LogP contribution in [0.25, 0.3) is 0 Å². The zero-order valence-corrected chi connectivity index (χ0v) is 37.5. The summed E-state index contributed by atoms with van der Waals surface area (Å²) in [6.07, 6.45) is 2.73. The fourth-order valence-electron chi connectivity index (χ4n) is 9.37. The maximum Gasteiger partial charge on any atom is 0.124 e. The molecule has 4 aromatic rings. The second kappa shape index (κ2) is 19.4. The van der Waals surface area contributed by atoms with Crippen LogP contribution < -0.4 is 18.9 Å². The molecule has 60 heavy (non-hydrogen) atoms. The minimum atomic E-state index is -0.311. The van der Waals surface area contributed by atoms with Crippen LogP contribution in [0.15, 0.2) is 48.5 Å². The zero-order chi connectivity index (χ0) is 44.0. The van der Waals surface area contributed by atoms with Crippen LogP contribution in [0.2, 0.25) is 0 Å². The fraction of sp³-hybridized carbons (Fsp3) is 0.462. The number of nitrogens with zero attached hydrogens (tertiary/aromatic N) is 4. The van der Waals surface area contributed by atoms with Gasteiger partial charge in [-0.1, -0.05) is 55.4 Å². The molecule has 1 aliphatic rings. The molecule has 0 saturated heterocycles. The van der Waals surface area contributed by atoms with Crippen molar-refractivity contribution in [2.24, 2.45) is 23.7 Å². The highest BCUT2D eigenvalue weighted by atomic mass is 16.5. The Morgan fingerprint density at radius 1 is 0.350 bits per heavy atom. The van der Waals surface area contributed by atoms with Gasteiger partial charge in [-0.3, -0.25) is 0 Å². The van der Waals surface area contributed by atoms with Crippen molar-refractivity contribution < 1.29 is 18.9 Å². The van der Waals surface area contributed by atoms with E-state index >= 15 is 0 Å². The SMILES string of the molecule is COc1cc(C#N)c2cc1C(CC(C)C)c1cc(c(OC)cc1C#N)C(CC(C)C)c1cc(c(OC)cc1C#N)C(CC(C)C)c1cc(c(OC)cc1C#N)C2CC(C)C. The predicted octanol–water partition coefficient (Wildman–Crippen LogP) is 12.2. The first-order valence-electron chi connectivity index (χ1n) is 21.2. The number of benzene rings is 4. The molecule has 0 aromatic heterocycles. The van der Waals surface area contributed by atoms with Crippen LogP contribution in [0, 0.1) is 69.0 Å². The number of hydrogen-bond donors (Lipinski definition) is 0. The van der Waals surface area contributed by atoms with Gasteiger partial charge >= 0.3 is 0 Å². The number of methoxy groups -OCH3 is 4. The third-order valence-corrected chi connectivity index (χ3v) is 11.9. The van der Waals surface area contributed by atoms with Crippen molar-refractivity contribution in [3.63, 3.8) is 0 Å². The smallest absolute Gasteiger partial charge is 0.124 e. The second-order valence-electron chi connectivity index (χ2n) is 17.9. The molecule has 0 saturated carbocycles. The summed E-state index contributed by atoms with van der Waals surface area (Å²) in [6.45, 7) is 17.4. The van der Waals surface area contributed by atoms with Crippen molar-refractivity contribution in [1.82, 2.24) is 0 Å². The van der Waals surface area contributed by atoms with Crippen LogP contribution in [0.4, 0.5) is 0 Å². The molecule has 4 unspecified atom stereocenters. The minimum absolute atomic E-state index is 0.216. The molecule has 8 nitrogen and oxygen atoms in total. The van der Waals surface area contributed by atoms with Crippen molar-refractivity contribution in [1.29, 1.82) is 21.0 Å². The number of nitriles is 4. The average molecular weight is 805 g/mol. The maximum atomic E-state index is 10.9. The Morgan fingerprint density at radius 2 is 0.533 bits per heavy atom. The van der Waals surface area contributed by atoms with Crippen LogP contribution in [0.3, 0.4) is 0 Å². The van der Waals surface area contributed by atoms with Crippen LogP contribution in [-0.2, 0) is 0 Å². The highest BCUT2D eigenvalue weighted by Crippen LogP contribution is 2.50. The van der Waals surface area contributed by atoms with E-state index < -0.39 is 0 Å². The average Bonchev–Trinajstić information content (AvgIpc) is 3.23. The van der Waals surface area contributed by atoms with Crippen molar-refractivity contribution in [2.75, 3.05) is 28.4 Å². The summed E-state index contributed by atoms with van der Waals surface area (Å²) in [6, 6.07) is 25.9. The Hall–Kier alpha value is -5.96. The van der Waals surface area contributed by atoms with Gasteiger partial charge in [0.25, 0.3) is 0 Å².